The first-order valence-electron chi connectivity index (χ1n) is 21.6. The van der Waals surface area contributed by atoms with Crippen LogP contribution < -0.4 is 0 Å². The van der Waals surface area contributed by atoms with Gasteiger partial charge in [-0.25, -0.2) is 15.0 Å². The van der Waals surface area contributed by atoms with E-state index >= 15 is 0 Å². The summed E-state index contributed by atoms with van der Waals surface area (Å²) in [5.41, 5.74) is 17.1. The molecule has 0 unspecified atom stereocenters. The fraction of sp³-hybridized carbons (Fsp3) is 0.105. The molecular formula is C57H42N4. The molecule has 0 N–H and O–H groups in total. The molecule has 1 saturated carbocycles. The molecule has 2 heterocycles. The Bertz CT molecular complexity index is 3190. The van der Waals surface area contributed by atoms with Crippen molar-refractivity contribution < 1.29 is 0 Å². The van der Waals surface area contributed by atoms with Crippen molar-refractivity contribution in [2.45, 2.75) is 37.5 Å². The van der Waals surface area contributed by atoms with Gasteiger partial charge in [0.15, 0.2) is 17.5 Å². The quantitative estimate of drug-likeness (QED) is 0.169. The zero-order valence-corrected chi connectivity index (χ0v) is 33.8. The molecule has 0 bridgehead atoms. The van der Waals surface area contributed by atoms with Crippen molar-refractivity contribution in [3.8, 4) is 73.2 Å². The molecule has 2 aromatic heterocycles. The smallest absolute Gasteiger partial charge is 0.164 e. The Hall–Kier alpha value is -7.43. The maximum atomic E-state index is 5.05. The van der Waals surface area contributed by atoms with Crippen molar-refractivity contribution in [3.63, 3.8) is 0 Å². The highest BCUT2D eigenvalue weighted by molar-refractivity contribution is 6.12. The number of fused-ring (bicyclic) bond motifs is 8. The minimum Gasteiger partial charge on any atom is -0.309 e. The fourth-order valence-electron chi connectivity index (χ4n) is 10.3. The molecule has 12 rings (SSSR count). The molecule has 0 saturated heterocycles. The predicted octanol–water partition coefficient (Wildman–Crippen LogP) is 14.5. The third-order valence-electron chi connectivity index (χ3n) is 13.2. The van der Waals surface area contributed by atoms with Gasteiger partial charge in [-0.1, -0.05) is 171 Å². The summed E-state index contributed by atoms with van der Waals surface area (Å²) in [6.45, 7) is 0. The van der Waals surface area contributed by atoms with Crippen LogP contribution in [0, 0.1) is 0 Å². The average molecular weight is 783 g/mol. The Morgan fingerprint density at radius 1 is 0.344 bits per heavy atom. The van der Waals surface area contributed by atoms with E-state index < -0.39 is 0 Å². The van der Waals surface area contributed by atoms with Crippen LogP contribution in [0.2, 0.25) is 0 Å². The van der Waals surface area contributed by atoms with Crippen LogP contribution >= 0.6 is 0 Å². The third kappa shape index (κ3) is 5.93. The lowest BCUT2D eigenvalue weighted by molar-refractivity contribution is 0.353. The summed E-state index contributed by atoms with van der Waals surface area (Å²) in [5, 5.41) is 2.56. The van der Waals surface area contributed by atoms with E-state index in [2.05, 4.69) is 162 Å². The molecule has 4 nitrogen and oxygen atoms in total. The minimum atomic E-state index is 0.0673. The summed E-state index contributed by atoms with van der Waals surface area (Å²) in [4.78, 5) is 15.0. The molecule has 0 amide bonds. The standard InChI is InChI=1S/C57H42N4/c1-5-16-38(17-6-1)39-26-29-45(30-27-39)61-52-31-28-43(35-48(52)49-36-51-47(37-53(49)61)46-24-11-12-25-50(46)57(51)32-13-4-14-33-57)42-22-15-23-44(34-42)56-59-54(40-18-7-2-8-19-40)58-55(60-56)41-20-9-3-10-21-41/h1-3,5-12,15-31,34-37H,4,13-14,32-33H2. The van der Waals surface area contributed by atoms with Gasteiger partial charge in [-0.15, -0.1) is 0 Å². The van der Waals surface area contributed by atoms with Crippen LogP contribution in [0.1, 0.15) is 43.2 Å². The van der Waals surface area contributed by atoms with E-state index in [9.17, 15) is 0 Å². The molecule has 2 aliphatic rings. The van der Waals surface area contributed by atoms with E-state index in [1.807, 2.05) is 36.4 Å². The summed E-state index contributed by atoms with van der Waals surface area (Å²) in [5.74, 6) is 1.97. The van der Waals surface area contributed by atoms with Gasteiger partial charge in [0.05, 0.1) is 11.0 Å². The highest BCUT2D eigenvalue weighted by atomic mass is 15.0. The molecule has 2 aliphatic carbocycles. The summed E-state index contributed by atoms with van der Waals surface area (Å²) in [6, 6.07) is 70.1. The SMILES string of the molecule is c1ccc(-c2ccc(-n3c4ccc(-c5cccc(-c6nc(-c7ccccc7)nc(-c7ccccc7)n6)c5)cc4c4cc5c(cc43)-c3ccccc3C53CCCCC3)cc2)cc1. The molecule has 61 heavy (non-hydrogen) atoms. The Morgan fingerprint density at radius 2 is 0.869 bits per heavy atom. The Balaban J connectivity index is 1.04. The van der Waals surface area contributed by atoms with Gasteiger partial charge < -0.3 is 4.57 Å². The molecule has 0 atom stereocenters. The first-order chi connectivity index (χ1) is 30.2. The minimum absolute atomic E-state index is 0.0673. The maximum Gasteiger partial charge on any atom is 0.164 e. The zero-order valence-electron chi connectivity index (χ0n) is 33.8. The first kappa shape index (κ1) is 35.5. The van der Waals surface area contributed by atoms with Gasteiger partial charge >= 0.3 is 0 Å². The normalized spacial score (nSPS) is 14.0. The second kappa shape index (κ2) is 14.4. The summed E-state index contributed by atoms with van der Waals surface area (Å²) >= 11 is 0. The van der Waals surface area contributed by atoms with Crippen LogP contribution in [0.25, 0.3) is 95.0 Å². The van der Waals surface area contributed by atoms with Gasteiger partial charge in [0.2, 0.25) is 0 Å². The molecular weight excluding hydrogens is 741 g/mol. The van der Waals surface area contributed by atoms with Crippen molar-refractivity contribution in [1.82, 2.24) is 19.5 Å². The highest BCUT2D eigenvalue weighted by Gasteiger charge is 2.44. The predicted molar refractivity (Wildman–Crippen MR) is 251 cm³/mol. The van der Waals surface area contributed by atoms with Crippen LogP contribution in [0.5, 0.6) is 0 Å². The van der Waals surface area contributed by atoms with Crippen LogP contribution in [0.3, 0.4) is 0 Å². The molecule has 4 heteroatoms. The Morgan fingerprint density at radius 3 is 1.56 bits per heavy atom. The van der Waals surface area contributed by atoms with Crippen LogP contribution in [-0.2, 0) is 5.41 Å². The average Bonchev–Trinajstić information content (AvgIpc) is 3.80. The monoisotopic (exact) mass is 782 g/mol. The van der Waals surface area contributed by atoms with Gasteiger partial charge in [0.1, 0.15) is 0 Å². The lowest BCUT2D eigenvalue weighted by Crippen LogP contribution is -2.27. The Kier molecular flexibility index (Phi) is 8.38. The number of aromatic nitrogens is 4. The van der Waals surface area contributed by atoms with Gasteiger partial charge in [-0.3, -0.25) is 0 Å². The van der Waals surface area contributed by atoms with E-state index in [1.165, 1.54) is 87.3 Å². The number of rotatable bonds is 6. The van der Waals surface area contributed by atoms with Crippen LogP contribution in [0.15, 0.2) is 194 Å². The molecule has 0 aliphatic heterocycles. The van der Waals surface area contributed by atoms with E-state index in [0.29, 0.717) is 17.5 Å². The van der Waals surface area contributed by atoms with Crippen molar-refractivity contribution in [1.29, 1.82) is 0 Å². The lowest BCUT2D eigenvalue weighted by atomic mass is 9.68. The third-order valence-corrected chi connectivity index (χ3v) is 13.2. The van der Waals surface area contributed by atoms with Gasteiger partial charge in [-0.05, 0) is 99.8 Å². The fourth-order valence-corrected chi connectivity index (χ4v) is 10.3. The van der Waals surface area contributed by atoms with E-state index in [1.54, 1.807) is 0 Å². The largest absolute Gasteiger partial charge is 0.309 e. The summed E-state index contributed by atoms with van der Waals surface area (Å²) < 4.78 is 2.48. The molecule has 10 aromatic rings. The van der Waals surface area contributed by atoms with Crippen molar-refractivity contribution in [2.75, 3.05) is 0 Å². The highest BCUT2D eigenvalue weighted by Crippen LogP contribution is 2.57. The van der Waals surface area contributed by atoms with Crippen molar-refractivity contribution in [3.05, 3.63) is 205 Å². The second-order valence-electron chi connectivity index (χ2n) is 16.7. The van der Waals surface area contributed by atoms with E-state index in [4.69, 9.17) is 15.0 Å². The second-order valence-corrected chi connectivity index (χ2v) is 16.7. The zero-order chi connectivity index (χ0) is 40.3. The topological polar surface area (TPSA) is 43.6 Å². The molecule has 290 valence electrons. The van der Waals surface area contributed by atoms with E-state index in [0.717, 1.165) is 33.5 Å². The summed E-state index contributed by atoms with van der Waals surface area (Å²) in [6.07, 6.45) is 6.25. The van der Waals surface area contributed by atoms with Gasteiger partial charge in [0, 0.05) is 38.6 Å². The number of hydrogen-bond acceptors (Lipinski definition) is 3. The number of benzene rings is 8. The van der Waals surface area contributed by atoms with E-state index in [-0.39, 0.29) is 5.41 Å². The summed E-state index contributed by atoms with van der Waals surface area (Å²) in [7, 11) is 0. The number of hydrogen-bond donors (Lipinski definition) is 0. The first-order valence-corrected chi connectivity index (χ1v) is 21.6. The molecule has 0 radical (unpaired) electrons. The molecule has 1 fully saturated rings. The maximum absolute atomic E-state index is 5.05. The Labute approximate surface area is 355 Å². The van der Waals surface area contributed by atoms with Crippen LogP contribution in [0.4, 0.5) is 0 Å². The van der Waals surface area contributed by atoms with Crippen molar-refractivity contribution >= 4 is 21.8 Å². The van der Waals surface area contributed by atoms with Gasteiger partial charge in [0.25, 0.3) is 0 Å². The molecule has 8 aromatic carbocycles. The lowest BCUT2D eigenvalue weighted by Gasteiger charge is -2.36. The van der Waals surface area contributed by atoms with Gasteiger partial charge in [-0.2, -0.15) is 0 Å². The van der Waals surface area contributed by atoms with Crippen molar-refractivity contribution in [2.24, 2.45) is 0 Å². The van der Waals surface area contributed by atoms with Crippen LogP contribution in [-0.4, -0.2) is 19.5 Å². The number of nitrogens with zero attached hydrogens (tertiary/aromatic N) is 4. The molecule has 1 spiro atoms.